The van der Waals surface area contributed by atoms with Crippen molar-refractivity contribution >= 4 is 0 Å². The first-order chi connectivity index (χ1) is 10.3. The van der Waals surface area contributed by atoms with E-state index in [-0.39, 0.29) is 0 Å². The van der Waals surface area contributed by atoms with Crippen LogP contribution in [0.2, 0.25) is 0 Å². The second-order valence-corrected chi connectivity index (χ2v) is 4.87. The minimum absolute atomic E-state index is 0.688. The van der Waals surface area contributed by atoms with Gasteiger partial charge in [0.05, 0.1) is 25.0 Å². The summed E-state index contributed by atoms with van der Waals surface area (Å²) in [5.41, 5.74) is 2.30. The van der Waals surface area contributed by atoms with Gasteiger partial charge in [-0.05, 0) is 18.4 Å². The lowest BCUT2D eigenvalue weighted by molar-refractivity contribution is 0.308. The third kappa shape index (κ3) is 4.35. The largest absolute Gasteiger partial charge is 0.490 e. The average molecular weight is 282 g/mol. The first kappa shape index (κ1) is 15.1. The molecule has 2 rings (SSSR count). The zero-order valence-corrected chi connectivity index (χ0v) is 12.4. The van der Waals surface area contributed by atoms with E-state index in [0.29, 0.717) is 6.61 Å². The van der Waals surface area contributed by atoms with Gasteiger partial charge in [-0.2, -0.15) is 5.10 Å². The van der Waals surface area contributed by atoms with Crippen LogP contribution in [0, 0.1) is 0 Å². The van der Waals surface area contributed by atoms with Gasteiger partial charge in [-0.3, -0.25) is 4.68 Å². The van der Waals surface area contributed by atoms with Crippen LogP contribution in [0.25, 0.3) is 0 Å². The molecule has 0 bridgehead atoms. The number of allylic oxidation sites excluding steroid dienone is 2. The molecule has 0 aliphatic rings. The molecule has 0 N–H and O–H groups in total. The monoisotopic (exact) mass is 282 g/mol. The third-order valence-electron chi connectivity index (χ3n) is 3.23. The highest BCUT2D eigenvalue weighted by atomic mass is 16.5. The summed E-state index contributed by atoms with van der Waals surface area (Å²) in [6.45, 7) is 8.98. The van der Waals surface area contributed by atoms with Crippen molar-refractivity contribution < 1.29 is 4.74 Å². The maximum atomic E-state index is 5.83. The summed E-state index contributed by atoms with van der Waals surface area (Å²) >= 11 is 0. The first-order valence-corrected chi connectivity index (χ1v) is 7.28. The van der Waals surface area contributed by atoms with E-state index < -0.39 is 0 Å². The van der Waals surface area contributed by atoms with E-state index >= 15 is 0 Å². The molecule has 3 nitrogen and oxygen atoms in total. The molecule has 0 aliphatic heterocycles. The van der Waals surface area contributed by atoms with Crippen LogP contribution < -0.4 is 4.74 Å². The molecule has 0 spiro atoms. The topological polar surface area (TPSA) is 27.1 Å². The number of hydrogen-bond donors (Lipinski definition) is 0. The lowest BCUT2D eigenvalue weighted by Gasteiger charge is -2.09. The fourth-order valence-electron chi connectivity index (χ4n) is 2.16. The minimum atomic E-state index is 0.688. The van der Waals surface area contributed by atoms with E-state index in [4.69, 9.17) is 4.74 Å². The molecule has 0 unspecified atom stereocenters. The van der Waals surface area contributed by atoms with E-state index in [1.54, 1.807) is 6.20 Å². The third-order valence-corrected chi connectivity index (χ3v) is 3.23. The van der Waals surface area contributed by atoms with E-state index in [9.17, 15) is 0 Å². The van der Waals surface area contributed by atoms with Crippen molar-refractivity contribution in [3.8, 4) is 5.75 Å². The molecular formula is C18H22N2O. The van der Waals surface area contributed by atoms with E-state index in [1.165, 1.54) is 5.56 Å². The Balaban J connectivity index is 2.08. The molecule has 0 aliphatic carbocycles. The summed E-state index contributed by atoms with van der Waals surface area (Å²) in [6, 6.07) is 10.3. The Morgan fingerprint density at radius 3 is 2.67 bits per heavy atom. The minimum Gasteiger partial charge on any atom is -0.490 e. The normalized spacial score (nSPS) is 10.3. The fourth-order valence-corrected chi connectivity index (χ4v) is 2.16. The summed E-state index contributed by atoms with van der Waals surface area (Å²) in [4.78, 5) is 0. The Bertz CT molecular complexity index is 572. The molecule has 0 amide bonds. The van der Waals surface area contributed by atoms with Crippen LogP contribution >= 0.6 is 0 Å². The van der Waals surface area contributed by atoms with Gasteiger partial charge in [0.1, 0.15) is 0 Å². The number of rotatable bonds is 9. The summed E-state index contributed by atoms with van der Waals surface area (Å²) in [6.07, 6.45) is 8.29. The summed E-state index contributed by atoms with van der Waals surface area (Å²) in [7, 11) is 0. The Morgan fingerprint density at radius 1 is 1.14 bits per heavy atom. The summed E-state index contributed by atoms with van der Waals surface area (Å²) in [5.74, 6) is 0.856. The highest BCUT2D eigenvalue weighted by Gasteiger charge is 2.11. The molecular weight excluding hydrogens is 260 g/mol. The van der Waals surface area contributed by atoms with Crippen LogP contribution in [-0.2, 0) is 13.0 Å². The van der Waals surface area contributed by atoms with Crippen molar-refractivity contribution in [2.45, 2.75) is 25.8 Å². The van der Waals surface area contributed by atoms with Crippen LogP contribution in [0.5, 0.6) is 5.75 Å². The number of unbranched alkanes of at least 4 members (excludes halogenated alkanes) is 1. The molecule has 1 heterocycles. The van der Waals surface area contributed by atoms with Crippen LogP contribution in [-0.4, -0.2) is 16.4 Å². The van der Waals surface area contributed by atoms with Gasteiger partial charge in [0.15, 0.2) is 5.75 Å². The molecule has 0 saturated carbocycles. The molecule has 1 aromatic carbocycles. The molecule has 0 atom stereocenters. The molecule has 0 radical (unpaired) electrons. The van der Waals surface area contributed by atoms with Gasteiger partial charge < -0.3 is 4.74 Å². The highest BCUT2D eigenvalue weighted by molar-refractivity contribution is 5.28. The Labute approximate surface area is 126 Å². The Hall–Kier alpha value is -2.29. The predicted octanol–water partition coefficient (Wildman–Crippen LogP) is 4.00. The van der Waals surface area contributed by atoms with Crippen LogP contribution in [0.1, 0.15) is 24.1 Å². The molecule has 1 aromatic heterocycles. The lowest BCUT2D eigenvalue weighted by Crippen LogP contribution is -2.07. The standard InChI is InChI=1S/C18H22N2O/c1-3-5-9-13-21-18-14-19-20(17(18)10-4-2)15-16-11-7-6-8-12-16/h3-4,6-8,11-12,14H,1-2,5,9-10,13,15H2. The maximum absolute atomic E-state index is 5.83. The van der Waals surface area contributed by atoms with E-state index in [1.807, 2.05) is 35.0 Å². The van der Waals surface area contributed by atoms with Gasteiger partial charge in [-0.15, -0.1) is 13.2 Å². The number of benzene rings is 1. The zero-order chi connectivity index (χ0) is 14.9. The van der Waals surface area contributed by atoms with Crippen molar-refractivity contribution in [2.24, 2.45) is 0 Å². The van der Waals surface area contributed by atoms with Gasteiger partial charge in [0.2, 0.25) is 0 Å². The molecule has 21 heavy (non-hydrogen) atoms. The quantitative estimate of drug-likeness (QED) is 0.513. The second-order valence-electron chi connectivity index (χ2n) is 4.87. The first-order valence-electron chi connectivity index (χ1n) is 7.28. The van der Waals surface area contributed by atoms with Crippen molar-refractivity contribution in [1.82, 2.24) is 9.78 Å². The number of aromatic nitrogens is 2. The summed E-state index contributed by atoms with van der Waals surface area (Å²) in [5, 5.41) is 4.45. The molecule has 110 valence electrons. The van der Waals surface area contributed by atoms with Crippen LogP contribution in [0.3, 0.4) is 0 Å². The van der Waals surface area contributed by atoms with Gasteiger partial charge in [0, 0.05) is 6.42 Å². The van der Waals surface area contributed by atoms with Crippen LogP contribution in [0.4, 0.5) is 0 Å². The Kier molecular flexibility index (Phi) is 5.83. The molecule has 2 aromatic rings. The number of nitrogens with zero attached hydrogens (tertiary/aromatic N) is 2. The fraction of sp³-hybridized carbons (Fsp3) is 0.278. The van der Waals surface area contributed by atoms with Crippen molar-refractivity contribution in [2.75, 3.05) is 6.61 Å². The van der Waals surface area contributed by atoms with E-state index in [2.05, 4.69) is 30.4 Å². The number of hydrogen-bond acceptors (Lipinski definition) is 2. The molecule has 0 saturated heterocycles. The lowest BCUT2D eigenvalue weighted by atomic mass is 10.2. The smallest absolute Gasteiger partial charge is 0.160 e. The van der Waals surface area contributed by atoms with Gasteiger partial charge >= 0.3 is 0 Å². The second kappa shape index (κ2) is 8.10. The van der Waals surface area contributed by atoms with Crippen LogP contribution in [0.15, 0.2) is 61.8 Å². The van der Waals surface area contributed by atoms with Gasteiger partial charge in [0.25, 0.3) is 0 Å². The van der Waals surface area contributed by atoms with Crippen molar-refractivity contribution in [1.29, 1.82) is 0 Å². The highest BCUT2D eigenvalue weighted by Crippen LogP contribution is 2.20. The predicted molar refractivity (Wildman–Crippen MR) is 86.6 cm³/mol. The summed E-state index contributed by atoms with van der Waals surface area (Å²) < 4.78 is 7.82. The number of ether oxygens (including phenoxy) is 1. The van der Waals surface area contributed by atoms with Crippen molar-refractivity contribution in [3.05, 3.63) is 73.1 Å². The zero-order valence-electron chi connectivity index (χ0n) is 12.4. The molecule has 0 fully saturated rings. The maximum Gasteiger partial charge on any atom is 0.160 e. The van der Waals surface area contributed by atoms with Gasteiger partial charge in [-0.25, -0.2) is 0 Å². The molecule has 3 heteroatoms. The van der Waals surface area contributed by atoms with Crippen molar-refractivity contribution in [3.63, 3.8) is 0 Å². The Morgan fingerprint density at radius 2 is 1.95 bits per heavy atom. The average Bonchev–Trinajstić information content (AvgIpc) is 2.88. The van der Waals surface area contributed by atoms with Gasteiger partial charge in [-0.1, -0.05) is 42.5 Å². The van der Waals surface area contributed by atoms with E-state index in [0.717, 1.165) is 37.3 Å². The SMILES string of the molecule is C=CCCCOc1cnn(Cc2ccccc2)c1CC=C.